The van der Waals surface area contributed by atoms with Crippen LogP contribution in [0.25, 0.3) is 0 Å². The Balaban J connectivity index is 1.49. The second-order valence-electron chi connectivity index (χ2n) is 9.30. The highest BCUT2D eigenvalue weighted by Crippen LogP contribution is 2.68. The van der Waals surface area contributed by atoms with Gasteiger partial charge in [-0.2, -0.15) is 0 Å². The van der Waals surface area contributed by atoms with Crippen LogP contribution in [-0.4, -0.2) is 54.0 Å². The van der Waals surface area contributed by atoms with Crippen LogP contribution in [0.2, 0.25) is 0 Å². The first-order valence-electron chi connectivity index (χ1n) is 10.2. The van der Waals surface area contributed by atoms with Gasteiger partial charge in [0.2, 0.25) is 6.29 Å². The molecule has 0 N–H and O–H groups in total. The summed E-state index contributed by atoms with van der Waals surface area (Å²) in [5, 5.41) is 0. The Morgan fingerprint density at radius 3 is 2.63 bits per heavy atom. The first-order valence-corrected chi connectivity index (χ1v) is 10.2. The molecule has 0 radical (unpaired) electrons. The molecule has 4 aliphatic heterocycles. The summed E-state index contributed by atoms with van der Waals surface area (Å²) >= 11 is 0. The summed E-state index contributed by atoms with van der Waals surface area (Å²) in [7, 11) is 0. The first kappa shape index (κ1) is 18.5. The van der Waals surface area contributed by atoms with Crippen LogP contribution < -0.4 is 0 Å². The zero-order chi connectivity index (χ0) is 20.9. The number of rotatable bonds is 3. The monoisotopic (exact) mass is 414 g/mol. The van der Waals surface area contributed by atoms with Crippen molar-refractivity contribution in [2.75, 3.05) is 6.61 Å². The summed E-state index contributed by atoms with van der Waals surface area (Å²) in [6.07, 6.45) is -2.61. The molecule has 0 amide bonds. The van der Waals surface area contributed by atoms with E-state index in [4.69, 9.17) is 23.7 Å². The molecule has 4 heterocycles. The van der Waals surface area contributed by atoms with Gasteiger partial charge in [0.25, 0.3) is 0 Å². The standard InChI is InChI=1S/C22H22O8/c1-20-8-13-21(2)22(16(18(25)29-21)26-9-11-6-4-3-5-7-11)15(20)14(23)19(30-22)27-10-12(20)17(24)28-13/h3-7,12-13,15-16,19H,8-10H2,1-2H3/t12?,13?,15-,16+,19-,20+,21-,22+/m0/s1. The maximum atomic E-state index is 13.4. The molecular formula is C22H22O8. The second-order valence-corrected chi connectivity index (χ2v) is 9.30. The van der Waals surface area contributed by atoms with E-state index in [0.717, 1.165) is 5.56 Å². The van der Waals surface area contributed by atoms with Crippen LogP contribution in [0, 0.1) is 17.3 Å². The molecule has 1 aromatic carbocycles. The van der Waals surface area contributed by atoms with Crippen molar-refractivity contribution >= 4 is 17.7 Å². The Morgan fingerprint density at radius 1 is 1.10 bits per heavy atom. The van der Waals surface area contributed by atoms with Crippen LogP contribution in [-0.2, 0) is 44.7 Å². The fourth-order valence-electron chi connectivity index (χ4n) is 6.38. The molecule has 1 aromatic rings. The number of fused-ring (bicyclic) bond motifs is 3. The third-order valence-corrected chi connectivity index (χ3v) is 7.85. The van der Waals surface area contributed by atoms with E-state index in [9.17, 15) is 14.4 Å². The fraction of sp³-hybridized carbons (Fsp3) is 0.591. The summed E-state index contributed by atoms with van der Waals surface area (Å²) in [4.78, 5) is 39.2. The largest absolute Gasteiger partial charge is 0.458 e. The molecular weight excluding hydrogens is 392 g/mol. The molecule has 0 aromatic heterocycles. The molecule has 1 spiro atoms. The van der Waals surface area contributed by atoms with E-state index in [-0.39, 0.29) is 19.0 Å². The van der Waals surface area contributed by atoms with Gasteiger partial charge in [0.05, 0.1) is 25.0 Å². The van der Waals surface area contributed by atoms with Crippen molar-refractivity contribution in [2.24, 2.45) is 17.3 Å². The average molecular weight is 414 g/mol. The topological polar surface area (TPSA) is 97.4 Å². The number of carbonyl (C=O) groups excluding carboxylic acids is 3. The Morgan fingerprint density at radius 2 is 1.87 bits per heavy atom. The highest BCUT2D eigenvalue weighted by molar-refractivity contribution is 5.94. The van der Waals surface area contributed by atoms with Gasteiger partial charge in [-0.3, -0.25) is 9.59 Å². The van der Waals surface area contributed by atoms with Gasteiger partial charge < -0.3 is 23.7 Å². The summed E-state index contributed by atoms with van der Waals surface area (Å²) in [6.45, 7) is 3.77. The van der Waals surface area contributed by atoms with E-state index in [2.05, 4.69) is 0 Å². The minimum absolute atomic E-state index is 0.0477. The third kappa shape index (κ3) is 1.95. The number of esters is 2. The lowest BCUT2D eigenvalue weighted by Gasteiger charge is -2.60. The second kappa shape index (κ2) is 5.69. The van der Waals surface area contributed by atoms with Gasteiger partial charge in [-0.25, -0.2) is 4.79 Å². The summed E-state index contributed by atoms with van der Waals surface area (Å²) in [5.74, 6) is -2.68. The maximum Gasteiger partial charge on any atom is 0.339 e. The van der Waals surface area contributed by atoms with Gasteiger partial charge in [0.15, 0.2) is 23.1 Å². The molecule has 4 saturated heterocycles. The summed E-state index contributed by atoms with van der Waals surface area (Å²) < 4.78 is 29.6. The minimum Gasteiger partial charge on any atom is -0.458 e. The van der Waals surface area contributed by atoms with Crippen molar-refractivity contribution in [1.29, 1.82) is 0 Å². The fourth-order valence-corrected chi connectivity index (χ4v) is 6.38. The van der Waals surface area contributed by atoms with Gasteiger partial charge in [-0.05, 0) is 24.3 Å². The molecule has 5 aliphatic rings. The molecule has 5 fully saturated rings. The molecule has 30 heavy (non-hydrogen) atoms. The van der Waals surface area contributed by atoms with E-state index in [0.29, 0.717) is 6.42 Å². The van der Waals surface area contributed by atoms with Gasteiger partial charge >= 0.3 is 11.9 Å². The molecule has 8 nitrogen and oxygen atoms in total. The van der Waals surface area contributed by atoms with Gasteiger partial charge in [0, 0.05) is 0 Å². The van der Waals surface area contributed by atoms with Gasteiger partial charge in [-0.1, -0.05) is 37.3 Å². The number of ketones is 1. The van der Waals surface area contributed by atoms with Crippen LogP contribution in [0.3, 0.4) is 0 Å². The molecule has 8 atom stereocenters. The van der Waals surface area contributed by atoms with E-state index < -0.39 is 58.9 Å². The Hall–Kier alpha value is -2.29. The molecule has 6 rings (SSSR count). The molecule has 4 bridgehead atoms. The summed E-state index contributed by atoms with van der Waals surface area (Å²) in [6, 6.07) is 9.43. The van der Waals surface area contributed by atoms with Crippen LogP contribution in [0.1, 0.15) is 25.8 Å². The minimum atomic E-state index is -1.42. The first-order chi connectivity index (χ1) is 14.3. The highest BCUT2D eigenvalue weighted by Gasteiger charge is 2.86. The van der Waals surface area contributed by atoms with Crippen molar-refractivity contribution in [3.63, 3.8) is 0 Å². The smallest absolute Gasteiger partial charge is 0.339 e. The van der Waals surface area contributed by atoms with Gasteiger partial charge in [0.1, 0.15) is 6.10 Å². The molecule has 1 saturated carbocycles. The zero-order valence-corrected chi connectivity index (χ0v) is 16.7. The molecule has 8 heteroatoms. The Kier molecular flexibility index (Phi) is 3.50. The predicted octanol–water partition coefficient (Wildman–Crippen LogP) is 1.15. The predicted molar refractivity (Wildman–Crippen MR) is 97.7 cm³/mol. The quantitative estimate of drug-likeness (QED) is 0.680. The van der Waals surface area contributed by atoms with Crippen LogP contribution in [0.5, 0.6) is 0 Å². The average Bonchev–Trinajstić information content (AvgIpc) is 3.07. The highest BCUT2D eigenvalue weighted by atomic mass is 16.7. The van der Waals surface area contributed by atoms with E-state index >= 15 is 0 Å². The van der Waals surface area contributed by atoms with Crippen molar-refractivity contribution in [2.45, 2.75) is 56.6 Å². The van der Waals surface area contributed by atoms with Gasteiger partial charge in [-0.15, -0.1) is 0 Å². The number of ether oxygens (including phenoxy) is 5. The Labute approximate surface area is 172 Å². The SMILES string of the molecule is C[C@@]12OC(=O)[C@@H](OCc3ccccc3)[C@@]13O[C@@H]1OCC4C(=O)OC2C[C@@]4(C)[C@@H]3C1=O. The molecule has 158 valence electrons. The van der Waals surface area contributed by atoms with E-state index in [1.165, 1.54) is 0 Å². The number of Topliss-reactive ketones (excluding diaryl/α,β-unsaturated/α-hetero) is 1. The normalized spacial score (nSPS) is 48.2. The van der Waals surface area contributed by atoms with Crippen molar-refractivity contribution in [3.05, 3.63) is 35.9 Å². The van der Waals surface area contributed by atoms with Crippen LogP contribution in [0.4, 0.5) is 0 Å². The van der Waals surface area contributed by atoms with Crippen LogP contribution >= 0.6 is 0 Å². The third-order valence-electron chi connectivity index (χ3n) is 7.85. The Bertz CT molecular complexity index is 961. The number of hydrogen-bond donors (Lipinski definition) is 0. The number of benzene rings is 1. The zero-order valence-electron chi connectivity index (χ0n) is 16.7. The van der Waals surface area contributed by atoms with E-state index in [1.54, 1.807) is 6.92 Å². The molecule has 1 aliphatic carbocycles. The number of carbonyl (C=O) groups is 3. The molecule has 2 unspecified atom stereocenters. The lowest BCUT2D eigenvalue weighted by atomic mass is 9.49. The lowest BCUT2D eigenvalue weighted by molar-refractivity contribution is -0.319. The summed E-state index contributed by atoms with van der Waals surface area (Å²) in [5.41, 5.74) is -2.66. The van der Waals surface area contributed by atoms with Crippen molar-refractivity contribution < 1.29 is 38.1 Å². The van der Waals surface area contributed by atoms with E-state index in [1.807, 2.05) is 37.3 Å². The van der Waals surface area contributed by atoms with Crippen molar-refractivity contribution in [3.8, 4) is 0 Å². The van der Waals surface area contributed by atoms with Crippen molar-refractivity contribution in [1.82, 2.24) is 0 Å². The number of hydrogen-bond acceptors (Lipinski definition) is 8. The lowest BCUT2D eigenvalue weighted by Crippen LogP contribution is -2.75. The maximum absolute atomic E-state index is 13.4. The van der Waals surface area contributed by atoms with Crippen LogP contribution in [0.15, 0.2) is 30.3 Å².